The van der Waals surface area contributed by atoms with Gasteiger partial charge in [-0.3, -0.25) is 10.1 Å². The van der Waals surface area contributed by atoms with Crippen molar-refractivity contribution in [2.24, 2.45) is 0 Å². The van der Waals surface area contributed by atoms with Gasteiger partial charge in [-0.25, -0.2) is 9.97 Å². The van der Waals surface area contributed by atoms with Crippen LogP contribution in [-0.2, 0) is 6.42 Å². The summed E-state index contributed by atoms with van der Waals surface area (Å²) in [6.07, 6.45) is 2.01. The molecule has 21 heavy (non-hydrogen) atoms. The van der Waals surface area contributed by atoms with Crippen molar-refractivity contribution in [3.05, 3.63) is 45.8 Å². The molecule has 1 N–H and O–H groups in total. The summed E-state index contributed by atoms with van der Waals surface area (Å²) in [4.78, 5) is 18.8. The Morgan fingerprint density at radius 2 is 2.14 bits per heavy atom. The summed E-state index contributed by atoms with van der Waals surface area (Å²) in [5.41, 5.74) is 1.56. The van der Waals surface area contributed by atoms with Crippen LogP contribution in [0.4, 0.5) is 11.5 Å². The number of nitrogens with zero attached hydrogens (tertiary/aromatic N) is 3. The normalized spacial score (nSPS) is 10.2. The van der Waals surface area contributed by atoms with Crippen LogP contribution < -0.4 is 10.1 Å². The zero-order valence-corrected chi connectivity index (χ0v) is 12.1. The molecule has 2 aromatic rings. The summed E-state index contributed by atoms with van der Waals surface area (Å²) in [7, 11) is 1.75. The van der Waals surface area contributed by atoms with Crippen molar-refractivity contribution >= 4 is 11.5 Å². The van der Waals surface area contributed by atoms with E-state index in [2.05, 4.69) is 15.3 Å². The minimum atomic E-state index is -0.472. The highest BCUT2D eigenvalue weighted by molar-refractivity contribution is 5.53. The number of hydrogen-bond acceptors (Lipinski definition) is 6. The first-order valence-electron chi connectivity index (χ1n) is 6.51. The van der Waals surface area contributed by atoms with E-state index in [9.17, 15) is 10.1 Å². The van der Waals surface area contributed by atoms with E-state index in [0.29, 0.717) is 18.1 Å². The Hall–Kier alpha value is -2.70. The maximum absolute atomic E-state index is 11.1. The first-order valence-corrected chi connectivity index (χ1v) is 6.51. The number of nitro benzene ring substituents is 1. The smallest absolute Gasteiger partial charge is 0.311 e. The lowest BCUT2D eigenvalue weighted by molar-refractivity contribution is -0.385. The Bertz CT molecular complexity index is 673. The van der Waals surface area contributed by atoms with Gasteiger partial charge in [0.2, 0.25) is 11.6 Å². The summed E-state index contributed by atoms with van der Waals surface area (Å²) in [6, 6.07) is 4.72. The van der Waals surface area contributed by atoms with E-state index in [-0.39, 0.29) is 11.4 Å². The van der Waals surface area contributed by atoms with E-state index in [1.54, 1.807) is 19.2 Å². The van der Waals surface area contributed by atoms with Crippen molar-refractivity contribution < 1.29 is 9.66 Å². The minimum Gasteiger partial charge on any atom is -0.431 e. The maximum Gasteiger partial charge on any atom is 0.311 e. The number of hydrogen-bond donors (Lipinski definition) is 1. The van der Waals surface area contributed by atoms with E-state index in [1.807, 2.05) is 13.8 Å². The van der Waals surface area contributed by atoms with Crippen LogP contribution in [0.3, 0.4) is 0 Å². The van der Waals surface area contributed by atoms with Crippen molar-refractivity contribution in [1.82, 2.24) is 9.97 Å². The average molecular weight is 288 g/mol. The number of aromatic nitrogens is 2. The molecule has 0 aliphatic rings. The summed E-state index contributed by atoms with van der Waals surface area (Å²) in [5.74, 6) is 1.15. The Kier molecular flexibility index (Phi) is 4.32. The summed E-state index contributed by atoms with van der Waals surface area (Å²) in [6.45, 7) is 3.79. The lowest BCUT2D eigenvalue weighted by atomic mass is 10.2. The van der Waals surface area contributed by atoms with Crippen LogP contribution in [0.2, 0.25) is 0 Å². The number of nitrogens with one attached hydrogen (secondary N) is 1. The van der Waals surface area contributed by atoms with Gasteiger partial charge < -0.3 is 10.1 Å². The number of nitro groups is 1. The highest BCUT2D eigenvalue weighted by Gasteiger charge is 2.18. The fraction of sp³-hybridized carbons (Fsp3) is 0.286. The number of ether oxygens (including phenoxy) is 1. The van der Waals surface area contributed by atoms with Gasteiger partial charge in [-0.1, -0.05) is 13.0 Å². The van der Waals surface area contributed by atoms with E-state index in [1.165, 1.54) is 12.4 Å². The molecule has 0 fully saturated rings. The first kappa shape index (κ1) is 14.7. The molecular formula is C14H16N4O3. The SMILES string of the molecule is CCc1c(NC)ncnc1Oc1cc(C)ccc1[N+](=O)[O-]. The largest absolute Gasteiger partial charge is 0.431 e. The van der Waals surface area contributed by atoms with Gasteiger partial charge in [-0.15, -0.1) is 0 Å². The molecule has 0 radical (unpaired) electrons. The Morgan fingerprint density at radius 1 is 1.38 bits per heavy atom. The number of benzene rings is 1. The van der Waals surface area contributed by atoms with Gasteiger partial charge in [0, 0.05) is 13.1 Å². The molecule has 1 aromatic carbocycles. The topological polar surface area (TPSA) is 90.2 Å². The van der Waals surface area contributed by atoms with Crippen molar-refractivity contribution in [1.29, 1.82) is 0 Å². The molecule has 0 unspecified atom stereocenters. The van der Waals surface area contributed by atoms with Gasteiger partial charge >= 0.3 is 5.69 Å². The molecule has 0 atom stereocenters. The van der Waals surface area contributed by atoms with Gasteiger partial charge in [0.1, 0.15) is 12.1 Å². The summed E-state index contributed by atoms with van der Waals surface area (Å²) >= 11 is 0. The van der Waals surface area contributed by atoms with E-state index in [0.717, 1.165) is 11.1 Å². The number of anilines is 1. The van der Waals surface area contributed by atoms with Gasteiger partial charge in [0.05, 0.1) is 10.5 Å². The van der Waals surface area contributed by atoms with Gasteiger partial charge in [0.25, 0.3) is 0 Å². The Labute approximate surface area is 122 Å². The Morgan fingerprint density at radius 3 is 2.76 bits per heavy atom. The molecule has 0 aliphatic carbocycles. The molecular weight excluding hydrogens is 272 g/mol. The second-order valence-corrected chi connectivity index (χ2v) is 4.44. The molecule has 0 spiro atoms. The Balaban J connectivity index is 2.47. The fourth-order valence-corrected chi connectivity index (χ4v) is 1.98. The van der Waals surface area contributed by atoms with Crippen molar-refractivity contribution in [2.75, 3.05) is 12.4 Å². The predicted octanol–water partition coefficient (Wildman–Crippen LogP) is 3.09. The second-order valence-electron chi connectivity index (χ2n) is 4.44. The van der Waals surface area contributed by atoms with E-state index in [4.69, 9.17) is 4.74 Å². The minimum absolute atomic E-state index is 0.0905. The fourth-order valence-electron chi connectivity index (χ4n) is 1.98. The third-order valence-corrected chi connectivity index (χ3v) is 3.01. The molecule has 0 saturated carbocycles. The maximum atomic E-state index is 11.1. The molecule has 7 nitrogen and oxygen atoms in total. The highest BCUT2D eigenvalue weighted by atomic mass is 16.6. The van der Waals surface area contributed by atoms with Crippen LogP contribution in [0, 0.1) is 17.0 Å². The molecule has 0 aliphatic heterocycles. The standard InChI is InChI=1S/C14H16N4O3/c1-4-10-13(15-3)16-8-17-14(10)21-12-7-9(2)5-6-11(12)18(19)20/h5-8H,4H2,1-3H3,(H,15,16,17). The highest BCUT2D eigenvalue weighted by Crippen LogP contribution is 2.34. The lowest BCUT2D eigenvalue weighted by Crippen LogP contribution is -2.03. The average Bonchev–Trinajstić information content (AvgIpc) is 2.46. The second kappa shape index (κ2) is 6.17. The molecule has 0 bridgehead atoms. The van der Waals surface area contributed by atoms with E-state index < -0.39 is 4.92 Å². The monoisotopic (exact) mass is 288 g/mol. The molecule has 0 amide bonds. The van der Waals surface area contributed by atoms with Crippen LogP contribution in [0.1, 0.15) is 18.1 Å². The number of rotatable bonds is 5. The van der Waals surface area contributed by atoms with Crippen molar-refractivity contribution in [3.8, 4) is 11.6 Å². The predicted molar refractivity (Wildman–Crippen MR) is 78.9 cm³/mol. The summed E-state index contributed by atoms with van der Waals surface area (Å²) in [5, 5.41) is 14.0. The van der Waals surface area contributed by atoms with Crippen LogP contribution in [0.25, 0.3) is 0 Å². The zero-order chi connectivity index (χ0) is 15.4. The zero-order valence-electron chi connectivity index (χ0n) is 12.1. The molecule has 2 rings (SSSR count). The lowest BCUT2D eigenvalue weighted by Gasteiger charge is -2.12. The molecule has 7 heteroatoms. The third kappa shape index (κ3) is 3.07. The molecule has 1 aromatic heterocycles. The van der Waals surface area contributed by atoms with Gasteiger partial charge in [-0.2, -0.15) is 0 Å². The van der Waals surface area contributed by atoms with Crippen LogP contribution >= 0.6 is 0 Å². The first-order chi connectivity index (χ1) is 10.1. The van der Waals surface area contributed by atoms with Crippen LogP contribution in [0.15, 0.2) is 24.5 Å². The number of aryl methyl sites for hydroxylation is 1. The van der Waals surface area contributed by atoms with Crippen LogP contribution in [0.5, 0.6) is 11.6 Å². The van der Waals surface area contributed by atoms with Gasteiger partial charge in [0.15, 0.2) is 0 Å². The molecule has 1 heterocycles. The van der Waals surface area contributed by atoms with E-state index >= 15 is 0 Å². The molecule has 0 saturated heterocycles. The van der Waals surface area contributed by atoms with Crippen molar-refractivity contribution in [3.63, 3.8) is 0 Å². The summed E-state index contributed by atoms with van der Waals surface area (Å²) < 4.78 is 5.68. The van der Waals surface area contributed by atoms with Crippen LogP contribution in [-0.4, -0.2) is 21.9 Å². The van der Waals surface area contributed by atoms with Crippen molar-refractivity contribution in [2.45, 2.75) is 20.3 Å². The third-order valence-electron chi connectivity index (χ3n) is 3.01. The molecule has 110 valence electrons. The van der Waals surface area contributed by atoms with Gasteiger partial charge in [-0.05, 0) is 25.0 Å². The quantitative estimate of drug-likeness (QED) is 0.671.